The van der Waals surface area contributed by atoms with Crippen LogP contribution in [0.25, 0.3) is 0 Å². The first-order valence-corrected chi connectivity index (χ1v) is 26.0. The SMILES string of the molecule is CC1(C)[C@@H](O[C@@H]2O[C@H](C(=O)NCc3ccccc3)[C@@H](O)[C@H](O)[C@H]2O[C@@H]2O[C@H](C(=O)NCc3ccccc3)[C@@H](O)[C@H](O)[C@H]2O)CC[C@]2(C)[C@H]3C(=O)C=C4[C@@H]5C[C@@](C)(CO)CC[C@]5(C)CC[C@@]4(C)[C@]3(C)CC[C@@H]12. The number of aliphatic hydroxyl groups excluding tert-OH is 6. The normalized spacial score (nSPS) is 45.0. The van der Waals surface area contributed by atoms with E-state index in [1.807, 2.05) is 42.5 Å². The molecule has 15 heteroatoms. The van der Waals surface area contributed by atoms with E-state index in [1.165, 1.54) is 5.57 Å². The van der Waals surface area contributed by atoms with Crippen molar-refractivity contribution in [2.24, 2.45) is 50.2 Å². The lowest BCUT2D eigenvalue weighted by Crippen LogP contribution is -2.68. The van der Waals surface area contributed by atoms with Gasteiger partial charge >= 0.3 is 0 Å². The van der Waals surface area contributed by atoms with Crippen LogP contribution in [0.2, 0.25) is 0 Å². The van der Waals surface area contributed by atoms with Crippen molar-refractivity contribution >= 4 is 17.6 Å². The maximum Gasteiger partial charge on any atom is 0.252 e. The first-order chi connectivity index (χ1) is 33.5. The Morgan fingerprint density at radius 1 is 0.662 bits per heavy atom. The smallest absolute Gasteiger partial charge is 0.252 e. The monoisotopic (exact) mass is 987 g/mol. The third kappa shape index (κ3) is 8.95. The highest BCUT2D eigenvalue weighted by Gasteiger charge is 2.70. The summed E-state index contributed by atoms with van der Waals surface area (Å²) in [6.45, 7) is 16.2. The third-order valence-electron chi connectivity index (χ3n) is 19.8. The summed E-state index contributed by atoms with van der Waals surface area (Å²) in [5.74, 6) is -1.39. The fraction of sp³-hybridized carbons (Fsp3) is 0.696. The van der Waals surface area contributed by atoms with Crippen molar-refractivity contribution in [1.82, 2.24) is 10.6 Å². The Hall–Kier alpha value is -3.61. The van der Waals surface area contributed by atoms with Crippen molar-refractivity contribution in [3.63, 3.8) is 0 Å². The van der Waals surface area contributed by atoms with Gasteiger partial charge in [-0.3, -0.25) is 14.4 Å². The predicted octanol–water partition coefficient (Wildman–Crippen LogP) is 4.62. The average molecular weight is 987 g/mol. The fourth-order valence-corrected chi connectivity index (χ4v) is 15.2. The van der Waals surface area contributed by atoms with E-state index in [0.29, 0.717) is 12.8 Å². The minimum absolute atomic E-state index is 0.0192. The lowest BCUT2D eigenvalue weighted by Gasteiger charge is -2.70. The molecule has 19 atom stereocenters. The second kappa shape index (κ2) is 19.3. The molecule has 5 aliphatic carbocycles. The first-order valence-electron chi connectivity index (χ1n) is 26.0. The second-order valence-corrected chi connectivity index (χ2v) is 24.5. The number of amides is 2. The lowest BCUT2D eigenvalue weighted by atomic mass is 9.33. The summed E-state index contributed by atoms with van der Waals surface area (Å²) in [5.41, 5.74) is 1.15. The van der Waals surface area contributed by atoms with Gasteiger partial charge in [-0.15, -0.1) is 0 Å². The highest BCUT2D eigenvalue weighted by molar-refractivity contribution is 5.95. The number of carbonyl (C=O) groups is 3. The van der Waals surface area contributed by atoms with Crippen LogP contribution in [-0.4, -0.2) is 122 Å². The number of aliphatic hydroxyl groups is 6. The minimum atomic E-state index is -1.93. The summed E-state index contributed by atoms with van der Waals surface area (Å²) in [6, 6.07) is 18.2. The molecule has 2 aromatic carbocycles. The molecule has 4 saturated carbocycles. The van der Waals surface area contributed by atoms with E-state index >= 15 is 4.79 Å². The highest BCUT2D eigenvalue weighted by atomic mass is 16.8. The van der Waals surface area contributed by atoms with E-state index in [-0.39, 0.29) is 64.9 Å². The molecule has 0 unspecified atom stereocenters. The van der Waals surface area contributed by atoms with E-state index < -0.39 is 90.2 Å². The third-order valence-corrected chi connectivity index (χ3v) is 19.8. The molecule has 0 bridgehead atoms. The number of hydrogen-bond donors (Lipinski definition) is 8. The molecule has 0 aromatic heterocycles. The van der Waals surface area contributed by atoms with E-state index in [2.05, 4.69) is 59.1 Å². The van der Waals surface area contributed by atoms with Crippen molar-refractivity contribution in [2.75, 3.05) is 6.61 Å². The van der Waals surface area contributed by atoms with Crippen LogP contribution in [-0.2, 0) is 46.4 Å². The first kappa shape index (κ1) is 52.3. The number of benzene rings is 2. The molecular weight excluding hydrogens is 909 g/mol. The van der Waals surface area contributed by atoms with Crippen LogP contribution in [0.3, 0.4) is 0 Å². The maximum atomic E-state index is 15.1. The van der Waals surface area contributed by atoms with Gasteiger partial charge < -0.3 is 60.2 Å². The summed E-state index contributed by atoms with van der Waals surface area (Å²) in [7, 11) is 0. The van der Waals surface area contributed by atoms with Crippen LogP contribution >= 0.6 is 0 Å². The van der Waals surface area contributed by atoms with Gasteiger partial charge in [-0.1, -0.05) is 115 Å². The minimum Gasteiger partial charge on any atom is -0.396 e. The van der Waals surface area contributed by atoms with Crippen molar-refractivity contribution in [3.8, 4) is 0 Å². The molecule has 71 heavy (non-hydrogen) atoms. The number of ketones is 1. The molecule has 2 aliphatic heterocycles. The van der Waals surface area contributed by atoms with Gasteiger partial charge in [0.2, 0.25) is 0 Å². The Morgan fingerprint density at radius 2 is 1.23 bits per heavy atom. The molecule has 15 nitrogen and oxygen atoms in total. The Labute approximate surface area is 418 Å². The molecule has 2 aromatic rings. The van der Waals surface area contributed by atoms with E-state index in [9.17, 15) is 40.2 Å². The highest BCUT2D eigenvalue weighted by Crippen LogP contribution is 2.75. The molecule has 7 aliphatic rings. The predicted molar refractivity (Wildman–Crippen MR) is 260 cm³/mol. The average Bonchev–Trinajstić information content (AvgIpc) is 3.34. The molecule has 2 saturated heterocycles. The van der Waals surface area contributed by atoms with E-state index in [1.54, 1.807) is 24.3 Å². The largest absolute Gasteiger partial charge is 0.396 e. The summed E-state index contributed by atoms with van der Waals surface area (Å²) in [5, 5.41) is 72.8. The number of ether oxygens (including phenoxy) is 4. The fourth-order valence-electron chi connectivity index (χ4n) is 15.2. The van der Waals surface area contributed by atoms with Gasteiger partial charge in [0.25, 0.3) is 11.8 Å². The number of allylic oxidation sites excluding steroid dienone is 2. The Balaban J connectivity index is 0.983. The molecule has 0 radical (unpaired) electrons. The van der Waals surface area contributed by atoms with Gasteiger partial charge in [0, 0.05) is 25.6 Å². The van der Waals surface area contributed by atoms with Crippen molar-refractivity contribution < 1.29 is 64.0 Å². The van der Waals surface area contributed by atoms with Crippen LogP contribution in [0.4, 0.5) is 0 Å². The Morgan fingerprint density at radius 3 is 1.82 bits per heavy atom. The molecular formula is C56H78N2O13. The number of fused-ring (bicyclic) bond motifs is 7. The summed E-state index contributed by atoms with van der Waals surface area (Å²) in [4.78, 5) is 42.5. The van der Waals surface area contributed by atoms with Crippen LogP contribution in [0, 0.1) is 50.2 Å². The van der Waals surface area contributed by atoms with Crippen LogP contribution in [0.1, 0.15) is 117 Å². The summed E-state index contributed by atoms with van der Waals surface area (Å²) in [6.07, 6.45) is -8.73. The standard InChI is InChI=1S/C56H78N2O13/c1-51(2)36-18-21-56(7)46(35(60)26-33-34-27-52(3,30-59)22-23-53(34,4)24-25-55(33,56)6)54(36,5)20-19-37(51)68-50-45(41(64)40(63)44(70-50)48(67)58-29-32-16-12-9-13-17-32)71-49-42(65)38(61)39(62)43(69-49)47(66)57-28-31-14-10-8-11-15-31/h8-17,26,34,36-46,49-50,59,61-65H,18-25,27-30H2,1-7H3,(H,57,66)(H,58,67)/t34-,36-,37-,38-,39-,40-,41-,42+,43-,44-,45+,46+,49-,50+,52-,53+,54-,55+,56+/m0/s1. The number of hydrogen-bond acceptors (Lipinski definition) is 13. The molecule has 390 valence electrons. The quantitative estimate of drug-likeness (QED) is 0.144. The topological polar surface area (TPSA) is 234 Å². The van der Waals surface area contributed by atoms with Crippen LogP contribution in [0.5, 0.6) is 0 Å². The zero-order valence-corrected chi connectivity index (χ0v) is 42.5. The zero-order valence-electron chi connectivity index (χ0n) is 42.5. The Bertz CT molecular complexity index is 2320. The molecule has 9 rings (SSSR count). The van der Waals surface area contributed by atoms with Gasteiger partial charge in [-0.05, 0) is 119 Å². The molecule has 0 spiro atoms. The van der Waals surface area contributed by atoms with Gasteiger partial charge in [0.05, 0.1) is 6.10 Å². The van der Waals surface area contributed by atoms with E-state index in [0.717, 1.165) is 56.1 Å². The molecule has 2 amide bonds. The summed E-state index contributed by atoms with van der Waals surface area (Å²) < 4.78 is 25.4. The molecule has 8 N–H and O–H groups in total. The van der Waals surface area contributed by atoms with Crippen molar-refractivity contribution in [2.45, 2.75) is 187 Å². The van der Waals surface area contributed by atoms with Gasteiger partial charge in [-0.25, -0.2) is 0 Å². The zero-order chi connectivity index (χ0) is 51.1. The van der Waals surface area contributed by atoms with Crippen LogP contribution < -0.4 is 10.6 Å². The molecule has 2 heterocycles. The van der Waals surface area contributed by atoms with Gasteiger partial charge in [-0.2, -0.15) is 0 Å². The van der Waals surface area contributed by atoms with Crippen molar-refractivity contribution in [3.05, 3.63) is 83.4 Å². The van der Waals surface area contributed by atoms with Gasteiger partial charge in [0.1, 0.15) is 36.6 Å². The number of rotatable bonds is 11. The molecule has 6 fully saturated rings. The maximum absolute atomic E-state index is 15.1. The van der Waals surface area contributed by atoms with Gasteiger partial charge in [0.15, 0.2) is 30.6 Å². The van der Waals surface area contributed by atoms with E-state index in [4.69, 9.17) is 18.9 Å². The lowest BCUT2D eigenvalue weighted by molar-refractivity contribution is -0.369. The van der Waals surface area contributed by atoms with Crippen LogP contribution in [0.15, 0.2) is 72.3 Å². The Kier molecular flexibility index (Phi) is 14.2. The summed E-state index contributed by atoms with van der Waals surface area (Å²) >= 11 is 0. The second-order valence-electron chi connectivity index (χ2n) is 24.5. The number of carbonyl (C=O) groups excluding carboxylic acids is 3. The van der Waals surface area contributed by atoms with Crippen molar-refractivity contribution in [1.29, 1.82) is 0 Å². The number of nitrogens with one attached hydrogen (secondary N) is 2.